The molecule has 0 bridgehead atoms. The molecule has 0 spiro atoms. The van der Waals surface area contributed by atoms with Crippen LogP contribution in [0.15, 0.2) is 42.9 Å². The summed E-state index contributed by atoms with van der Waals surface area (Å²) in [7, 11) is 1.29. The molecule has 20 heavy (non-hydrogen) atoms. The van der Waals surface area contributed by atoms with Crippen LogP contribution in [0.2, 0.25) is 0 Å². The minimum absolute atomic E-state index is 0.352. The van der Waals surface area contributed by atoms with Crippen LogP contribution < -0.4 is 5.32 Å². The van der Waals surface area contributed by atoms with Crippen LogP contribution in [0, 0.1) is 5.82 Å². The van der Waals surface area contributed by atoms with Crippen molar-refractivity contribution in [1.29, 1.82) is 0 Å². The largest absolute Gasteiger partial charge is 0.467 e. The van der Waals surface area contributed by atoms with E-state index in [1.54, 1.807) is 6.92 Å². The maximum absolute atomic E-state index is 12.9. The number of hydrogen-bond acceptors (Lipinski definition) is 5. The summed E-state index contributed by atoms with van der Waals surface area (Å²) in [6.07, 6.45) is 4.48. The van der Waals surface area contributed by atoms with E-state index in [0.29, 0.717) is 11.4 Å². The van der Waals surface area contributed by atoms with Crippen molar-refractivity contribution in [3.63, 3.8) is 0 Å². The average Bonchev–Trinajstić information content (AvgIpc) is 2.49. The van der Waals surface area contributed by atoms with Crippen molar-refractivity contribution in [3.8, 4) is 0 Å². The molecule has 1 N–H and O–H groups in total. The molecule has 0 radical (unpaired) electrons. The summed E-state index contributed by atoms with van der Waals surface area (Å²) in [5.41, 5.74) is -0.220. The highest BCUT2D eigenvalue weighted by atomic mass is 19.1. The maximum Gasteiger partial charge on any atom is 0.337 e. The number of carbonyl (C=O) groups excluding carboxylic acids is 1. The number of aromatic nitrogens is 2. The van der Waals surface area contributed by atoms with E-state index in [9.17, 15) is 9.18 Å². The Labute approximate surface area is 115 Å². The first-order valence-electron chi connectivity index (χ1n) is 5.95. The smallest absolute Gasteiger partial charge is 0.337 e. The molecule has 1 atom stereocenters. The van der Waals surface area contributed by atoms with Crippen LogP contribution in [0.1, 0.15) is 12.6 Å². The minimum Gasteiger partial charge on any atom is -0.467 e. The quantitative estimate of drug-likeness (QED) is 0.866. The fourth-order valence-electron chi connectivity index (χ4n) is 1.80. The third kappa shape index (κ3) is 2.74. The first kappa shape index (κ1) is 13.9. The zero-order chi connectivity index (χ0) is 14.6. The molecule has 6 heteroatoms. The molecule has 5 nitrogen and oxygen atoms in total. The second-order valence-corrected chi connectivity index (χ2v) is 4.34. The van der Waals surface area contributed by atoms with Gasteiger partial charge in [0.2, 0.25) is 0 Å². The van der Waals surface area contributed by atoms with E-state index >= 15 is 0 Å². The molecule has 0 aliphatic carbocycles. The first-order chi connectivity index (χ1) is 9.56. The molecule has 1 unspecified atom stereocenters. The molecule has 0 fully saturated rings. The normalized spacial score (nSPS) is 13.3. The van der Waals surface area contributed by atoms with Crippen molar-refractivity contribution in [2.75, 3.05) is 12.4 Å². The maximum atomic E-state index is 12.9. The summed E-state index contributed by atoms with van der Waals surface area (Å²) in [6.45, 7) is 1.63. The highest BCUT2D eigenvalue weighted by molar-refractivity contribution is 5.85. The molecule has 2 aromatic rings. The Hall–Kier alpha value is -2.50. The summed E-state index contributed by atoms with van der Waals surface area (Å²) >= 11 is 0. The van der Waals surface area contributed by atoms with Crippen LogP contribution in [-0.2, 0) is 15.1 Å². The Morgan fingerprint density at radius 1 is 1.30 bits per heavy atom. The Morgan fingerprint density at radius 2 is 2.00 bits per heavy atom. The topological polar surface area (TPSA) is 64.1 Å². The molecule has 1 heterocycles. The highest BCUT2D eigenvalue weighted by Gasteiger charge is 2.38. The van der Waals surface area contributed by atoms with Gasteiger partial charge >= 0.3 is 5.97 Å². The van der Waals surface area contributed by atoms with Gasteiger partial charge in [-0.2, -0.15) is 0 Å². The van der Waals surface area contributed by atoms with Gasteiger partial charge < -0.3 is 10.1 Å². The second kappa shape index (κ2) is 5.64. The minimum atomic E-state index is -1.21. The van der Waals surface area contributed by atoms with E-state index < -0.39 is 11.5 Å². The summed E-state index contributed by atoms with van der Waals surface area (Å²) in [5.74, 6) is -0.864. The first-order valence-corrected chi connectivity index (χ1v) is 5.95. The Morgan fingerprint density at radius 3 is 2.55 bits per heavy atom. The van der Waals surface area contributed by atoms with E-state index in [0.717, 1.165) is 0 Å². The fraction of sp³-hybridized carbons (Fsp3) is 0.214. The third-order valence-electron chi connectivity index (χ3n) is 2.91. The van der Waals surface area contributed by atoms with Crippen molar-refractivity contribution in [2.24, 2.45) is 0 Å². The van der Waals surface area contributed by atoms with Gasteiger partial charge in [0.15, 0.2) is 5.54 Å². The van der Waals surface area contributed by atoms with Crippen LogP contribution in [-0.4, -0.2) is 23.0 Å². The molecule has 104 valence electrons. The predicted octanol–water partition coefficient (Wildman–Crippen LogP) is 2.12. The summed E-state index contributed by atoms with van der Waals surface area (Å²) < 4.78 is 17.7. The molecule has 0 aliphatic heterocycles. The fourth-order valence-corrected chi connectivity index (χ4v) is 1.80. The number of benzene rings is 1. The molecule has 0 saturated carbocycles. The van der Waals surface area contributed by atoms with Crippen molar-refractivity contribution < 1.29 is 13.9 Å². The van der Waals surface area contributed by atoms with Crippen LogP contribution in [0.4, 0.5) is 10.1 Å². The van der Waals surface area contributed by atoms with E-state index in [1.807, 2.05) is 0 Å². The zero-order valence-electron chi connectivity index (χ0n) is 11.1. The molecule has 0 aliphatic rings. The lowest BCUT2D eigenvalue weighted by Gasteiger charge is -2.28. The number of hydrogen-bond donors (Lipinski definition) is 1. The van der Waals surface area contributed by atoms with Gasteiger partial charge in [-0.3, -0.25) is 9.97 Å². The van der Waals surface area contributed by atoms with E-state index in [2.05, 4.69) is 15.3 Å². The lowest BCUT2D eigenvalue weighted by molar-refractivity contribution is -0.145. The third-order valence-corrected chi connectivity index (χ3v) is 2.91. The number of ether oxygens (including phenoxy) is 1. The van der Waals surface area contributed by atoms with E-state index in [4.69, 9.17) is 4.74 Å². The molecule has 2 rings (SSSR count). The second-order valence-electron chi connectivity index (χ2n) is 4.34. The van der Waals surface area contributed by atoms with Gasteiger partial charge in [0.1, 0.15) is 5.82 Å². The SMILES string of the molecule is COC(=O)C(C)(Nc1ccc(F)cc1)c1cnccn1. The summed E-state index contributed by atoms with van der Waals surface area (Å²) in [5, 5.41) is 3.01. The number of anilines is 1. The Bertz CT molecular complexity index is 589. The van der Waals surface area contributed by atoms with Crippen molar-refractivity contribution in [1.82, 2.24) is 9.97 Å². The Kier molecular flexibility index (Phi) is 3.93. The van der Waals surface area contributed by atoms with Crippen LogP contribution in [0.5, 0.6) is 0 Å². The van der Waals surface area contributed by atoms with Crippen LogP contribution in [0.25, 0.3) is 0 Å². The Balaban J connectivity index is 2.38. The highest BCUT2D eigenvalue weighted by Crippen LogP contribution is 2.25. The number of nitrogens with zero attached hydrogens (tertiary/aromatic N) is 2. The number of nitrogens with one attached hydrogen (secondary N) is 1. The van der Waals surface area contributed by atoms with Crippen LogP contribution >= 0.6 is 0 Å². The standard InChI is InChI=1S/C14H14FN3O2/c1-14(13(19)20-2,12-9-16-7-8-17-12)18-11-5-3-10(15)4-6-11/h3-9,18H,1-2H3. The molecule has 0 saturated heterocycles. The van der Waals surface area contributed by atoms with Gasteiger partial charge in [-0.15, -0.1) is 0 Å². The van der Waals surface area contributed by atoms with E-state index in [1.165, 1.54) is 50.0 Å². The van der Waals surface area contributed by atoms with E-state index in [-0.39, 0.29) is 5.82 Å². The molecular weight excluding hydrogens is 261 g/mol. The van der Waals surface area contributed by atoms with Gasteiger partial charge in [-0.1, -0.05) is 0 Å². The van der Waals surface area contributed by atoms with Crippen molar-refractivity contribution >= 4 is 11.7 Å². The summed E-state index contributed by atoms with van der Waals surface area (Å²) in [4.78, 5) is 20.2. The molecular formula is C14H14FN3O2. The van der Waals surface area contributed by atoms with Crippen LogP contribution in [0.3, 0.4) is 0 Å². The molecule has 0 amide bonds. The van der Waals surface area contributed by atoms with Gasteiger partial charge in [0, 0.05) is 18.1 Å². The molecule has 1 aromatic carbocycles. The number of rotatable bonds is 4. The number of esters is 1. The molecule has 1 aromatic heterocycles. The average molecular weight is 275 g/mol. The van der Waals surface area contributed by atoms with Crippen molar-refractivity contribution in [3.05, 3.63) is 54.4 Å². The lowest BCUT2D eigenvalue weighted by atomic mass is 9.97. The number of methoxy groups -OCH3 is 1. The summed E-state index contributed by atoms with van der Waals surface area (Å²) in [6, 6.07) is 5.67. The predicted molar refractivity (Wildman–Crippen MR) is 71.4 cm³/mol. The lowest BCUT2D eigenvalue weighted by Crippen LogP contribution is -2.42. The number of halogens is 1. The van der Waals surface area contributed by atoms with Crippen molar-refractivity contribution in [2.45, 2.75) is 12.5 Å². The zero-order valence-corrected chi connectivity index (χ0v) is 11.1. The van der Waals surface area contributed by atoms with Gasteiger partial charge in [0.25, 0.3) is 0 Å². The van der Waals surface area contributed by atoms with Gasteiger partial charge in [0.05, 0.1) is 19.0 Å². The monoisotopic (exact) mass is 275 g/mol. The number of carbonyl (C=O) groups is 1. The van der Waals surface area contributed by atoms with Gasteiger partial charge in [-0.25, -0.2) is 9.18 Å². The van der Waals surface area contributed by atoms with Gasteiger partial charge in [-0.05, 0) is 31.2 Å².